The lowest BCUT2D eigenvalue weighted by Gasteiger charge is -2.50. The van der Waals surface area contributed by atoms with E-state index < -0.39 is 58.0 Å². The van der Waals surface area contributed by atoms with Crippen LogP contribution >= 0.6 is 0 Å². The summed E-state index contributed by atoms with van der Waals surface area (Å²) in [7, 11) is 4.69. The Labute approximate surface area is 278 Å². The molecular formula is C37H39N3O8. The number of nitrogens with one attached hydrogen (secondary N) is 1. The van der Waals surface area contributed by atoms with Gasteiger partial charge >= 0.3 is 0 Å². The number of aliphatic hydroxyl groups excluding tert-OH is 2. The number of aromatic hydroxyl groups is 1. The van der Waals surface area contributed by atoms with Crippen LogP contribution in [0.4, 0.5) is 0 Å². The molecule has 1 amide bonds. The van der Waals surface area contributed by atoms with Gasteiger partial charge in [0.05, 0.1) is 18.7 Å². The summed E-state index contributed by atoms with van der Waals surface area (Å²) < 4.78 is 5.73. The van der Waals surface area contributed by atoms with Gasteiger partial charge in [-0.3, -0.25) is 19.3 Å². The smallest absolute Gasteiger partial charge is 0.255 e. The molecule has 0 radical (unpaired) electrons. The number of aliphatic hydroxyl groups is 3. The summed E-state index contributed by atoms with van der Waals surface area (Å²) in [5.41, 5.74) is 6.95. The molecule has 0 heterocycles. The molecule has 11 nitrogen and oxygen atoms in total. The zero-order chi connectivity index (χ0) is 34.7. The molecule has 6 rings (SSSR count). The molecule has 4 atom stereocenters. The minimum absolute atomic E-state index is 0.000906. The van der Waals surface area contributed by atoms with Crippen molar-refractivity contribution >= 4 is 23.2 Å². The lowest BCUT2D eigenvalue weighted by atomic mass is 9.57. The molecule has 0 bridgehead atoms. The van der Waals surface area contributed by atoms with Crippen LogP contribution in [0.3, 0.4) is 0 Å². The fourth-order valence-corrected chi connectivity index (χ4v) is 7.75. The van der Waals surface area contributed by atoms with Gasteiger partial charge in [0.1, 0.15) is 28.6 Å². The van der Waals surface area contributed by atoms with Crippen molar-refractivity contribution in [2.45, 2.75) is 44.5 Å². The summed E-state index contributed by atoms with van der Waals surface area (Å²) in [6, 6.07) is 16.0. The van der Waals surface area contributed by atoms with Gasteiger partial charge in [0.15, 0.2) is 11.4 Å². The van der Waals surface area contributed by atoms with Gasteiger partial charge in [0.2, 0.25) is 5.78 Å². The molecule has 0 aromatic heterocycles. The first-order valence-corrected chi connectivity index (χ1v) is 15.7. The first kappa shape index (κ1) is 33.0. The summed E-state index contributed by atoms with van der Waals surface area (Å²) in [6.45, 7) is 3.28. The fourth-order valence-electron chi connectivity index (χ4n) is 7.75. The van der Waals surface area contributed by atoms with E-state index in [9.17, 15) is 34.8 Å². The van der Waals surface area contributed by atoms with Crippen molar-refractivity contribution in [2.75, 3.05) is 21.2 Å². The van der Waals surface area contributed by atoms with Crippen molar-refractivity contribution in [3.63, 3.8) is 0 Å². The molecule has 3 aliphatic carbocycles. The molecule has 250 valence electrons. The van der Waals surface area contributed by atoms with E-state index in [1.807, 2.05) is 37.3 Å². The average Bonchev–Trinajstić information content (AvgIpc) is 3.02. The third-order valence-electron chi connectivity index (χ3n) is 9.90. The molecule has 1 saturated carbocycles. The minimum Gasteiger partial charge on any atom is -0.508 e. The SMILES string of the molecule is COc1ccc(CNCc2cccc(C)c2)cc1-c1ccc(O)c2c1C[C@H]1C[C@H]3C(N(C)C)C(=O)C(C(N)=O)=C(O)[C@@]3(O)C(=O)C1=C2O. The molecule has 0 saturated heterocycles. The van der Waals surface area contributed by atoms with Gasteiger partial charge < -0.3 is 36.2 Å². The number of carbonyl (C=O) groups excluding carboxylic acids is 3. The largest absolute Gasteiger partial charge is 0.508 e. The van der Waals surface area contributed by atoms with E-state index >= 15 is 0 Å². The van der Waals surface area contributed by atoms with Crippen LogP contribution in [0.2, 0.25) is 0 Å². The second-order valence-electron chi connectivity index (χ2n) is 13.1. The lowest BCUT2D eigenvalue weighted by Crippen LogP contribution is -2.65. The van der Waals surface area contributed by atoms with Crippen LogP contribution in [0.25, 0.3) is 16.9 Å². The number of amides is 1. The number of benzene rings is 3. The Morgan fingerprint density at radius 1 is 1.02 bits per heavy atom. The van der Waals surface area contributed by atoms with Crippen LogP contribution in [0.5, 0.6) is 11.5 Å². The number of fused-ring (bicyclic) bond motifs is 3. The molecule has 3 aromatic rings. The van der Waals surface area contributed by atoms with Crippen molar-refractivity contribution in [1.29, 1.82) is 0 Å². The van der Waals surface area contributed by atoms with Crippen LogP contribution in [-0.2, 0) is 33.9 Å². The number of phenolic OH excluding ortho intramolecular Hbond substituents is 1. The van der Waals surface area contributed by atoms with Crippen molar-refractivity contribution in [2.24, 2.45) is 17.6 Å². The van der Waals surface area contributed by atoms with Gasteiger partial charge in [0.25, 0.3) is 5.91 Å². The lowest BCUT2D eigenvalue weighted by molar-refractivity contribution is -0.153. The number of carbonyl (C=O) groups is 3. The van der Waals surface area contributed by atoms with E-state index in [1.165, 1.54) is 16.5 Å². The number of Topliss-reactive ketones (excluding diaryl/α,β-unsaturated/α-hetero) is 2. The molecule has 0 aliphatic heterocycles. The highest BCUT2D eigenvalue weighted by molar-refractivity contribution is 6.24. The second-order valence-corrected chi connectivity index (χ2v) is 13.1. The van der Waals surface area contributed by atoms with Gasteiger partial charge in [-0.05, 0) is 80.2 Å². The normalized spacial score (nSPS) is 23.6. The maximum absolute atomic E-state index is 14.2. The van der Waals surface area contributed by atoms with E-state index in [1.54, 1.807) is 27.3 Å². The number of hydrogen-bond donors (Lipinski definition) is 6. The van der Waals surface area contributed by atoms with E-state index in [0.717, 1.165) is 11.1 Å². The van der Waals surface area contributed by atoms with Gasteiger partial charge in [-0.15, -0.1) is 0 Å². The van der Waals surface area contributed by atoms with Crippen molar-refractivity contribution in [1.82, 2.24) is 10.2 Å². The Morgan fingerprint density at radius 2 is 1.73 bits per heavy atom. The van der Waals surface area contributed by atoms with Gasteiger partial charge in [-0.2, -0.15) is 0 Å². The number of methoxy groups -OCH3 is 1. The number of nitrogens with zero attached hydrogens (tertiary/aromatic N) is 1. The molecule has 48 heavy (non-hydrogen) atoms. The Morgan fingerprint density at radius 3 is 2.38 bits per heavy atom. The predicted molar refractivity (Wildman–Crippen MR) is 178 cm³/mol. The standard InChI is InChI=1S/C37H39N3O8/c1-18-6-5-7-19(12-18)16-39-17-20-8-11-27(48-4)23(13-20)22-9-10-26(41)29-24(22)14-21-15-25-31(40(2)3)33(43)30(36(38)46)35(45)37(25,47)34(44)28(21)32(29)42/h5-13,21,25,31,39,41-42,45,47H,14-17H2,1-4H3,(H2,38,46)/t21-,25-,31?,37-/m0/s1. The van der Waals surface area contributed by atoms with E-state index in [-0.39, 0.29) is 29.7 Å². The molecule has 11 heteroatoms. The average molecular weight is 654 g/mol. The number of hydrogen-bond acceptors (Lipinski definition) is 10. The number of primary amides is 1. The highest BCUT2D eigenvalue weighted by Crippen LogP contribution is 2.54. The predicted octanol–water partition coefficient (Wildman–Crippen LogP) is 3.24. The maximum atomic E-state index is 14.2. The maximum Gasteiger partial charge on any atom is 0.255 e. The third kappa shape index (κ3) is 5.15. The number of nitrogens with two attached hydrogens (primary N) is 1. The van der Waals surface area contributed by atoms with Gasteiger partial charge in [0, 0.05) is 30.1 Å². The third-order valence-corrected chi connectivity index (χ3v) is 9.90. The Balaban J connectivity index is 1.43. The first-order chi connectivity index (χ1) is 22.8. The van der Waals surface area contributed by atoms with Gasteiger partial charge in [-0.25, -0.2) is 0 Å². The highest BCUT2D eigenvalue weighted by Gasteiger charge is 2.64. The van der Waals surface area contributed by atoms with Crippen molar-refractivity contribution in [3.8, 4) is 22.6 Å². The van der Waals surface area contributed by atoms with Crippen molar-refractivity contribution in [3.05, 3.63) is 99.3 Å². The zero-order valence-corrected chi connectivity index (χ0v) is 27.2. The summed E-state index contributed by atoms with van der Waals surface area (Å²) in [6.07, 6.45) is 0.165. The molecule has 3 aliphatic rings. The molecule has 3 aromatic carbocycles. The van der Waals surface area contributed by atoms with Crippen molar-refractivity contribution < 1.29 is 39.5 Å². The highest BCUT2D eigenvalue weighted by atomic mass is 16.5. The summed E-state index contributed by atoms with van der Waals surface area (Å²) in [5.74, 6) is -6.35. The topological polar surface area (TPSA) is 183 Å². The van der Waals surface area contributed by atoms with E-state index in [0.29, 0.717) is 35.5 Å². The Bertz CT molecular complexity index is 1930. The van der Waals surface area contributed by atoms with Crippen LogP contribution in [-0.4, -0.2) is 75.6 Å². The van der Waals surface area contributed by atoms with Crippen LogP contribution in [0, 0.1) is 18.8 Å². The van der Waals surface area contributed by atoms with E-state index in [2.05, 4.69) is 17.4 Å². The molecule has 0 spiro atoms. The zero-order valence-electron chi connectivity index (χ0n) is 27.2. The summed E-state index contributed by atoms with van der Waals surface area (Å²) in [5, 5.41) is 49.1. The quantitative estimate of drug-likeness (QED) is 0.198. The molecule has 1 fully saturated rings. The molecule has 1 unspecified atom stereocenters. The second kappa shape index (κ2) is 12.2. The number of ketones is 2. The van der Waals surface area contributed by atoms with Crippen LogP contribution in [0.1, 0.15) is 34.2 Å². The molecule has 7 N–H and O–H groups in total. The van der Waals surface area contributed by atoms with Crippen LogP contribution in [0.15, 0.2) is 71.5 Å². The fraction of sp³-hybridized carbons (Fsp3) is 0.324. The number of ether oxygens (including phenoxy) is 1. The number of rotatable bonds is 8. The first-order valence-electron chi connectivity index (χ1n) is 15.7. The van der Waals surface area contributed by atoms with E-state index in [4.69, 9.17) is 10.5 Å². The van der Waals surface area contributed by atoms with Gasteiger partial charge in [-0.1, -0.05) is 42.0 Å². The Kier molecular flexibility index (Phi) is 8.40. The monoisotopic (exact) mass is 653 g/mol. The molecular weight excluding hydrogens is 614 g/mol. The Hall–Kier alpha value is -4.97. The number of aryl methyl sites for hydroxylation is 1. The summed E-state index contributed by atoms with van der Waals surface area (Å²) in [4.78, 5) is 41.3. The summed E-state index contributed by atoms with van der Waals surface area (Å²) >= 11 is 0. The minimum atomic E-state index is -2.69. The number of phenols is 1. The number of likely N-dealkylation sites (N-methyl/N-ethyl adjacent to an activating group) is 1. The van der Waals surface area contributed by atoms with Crippen LogP contribution < -0.4 is 15.8 Å².